The second kappa shape index (κ2) is 8.76. The molecule has 1 aromatic carbocycles. The van der Waals surface area contributed by atoms with Crippen molar-refractivity contribution >= 4 is 32.5 Å². The number of hydrogen-bond donors (Lipinski definition) is 3. The van der Waals surface area contributed by atoms with Crippen molar-refractivity contribution in [1.29, 1.82) is 0 Å². The predicted octanol–water partition coefficient (Wildman–Crippen LogP) is 0.0503. The standard InChI is InChI=1S/C14H23N3O5S2.ClH/c1-22-11-14(5-7-16-8-6-14)10-17-24(20,21)13-4-2-3-12(9-13)23(15,18)19;/h2-4,9,16-17H,5-8,10-11H2,1H3,(H2,15,18,19);1H. The predicted molar refractivity (Wildman–Crippen MR) is 96.7 cm³/mol. The summed E-state index contributed by atoms with van der Waals surface area (Å²) in [5, 5.41) is 8.29. The molecule has 0 amide bonds. The molecule has 0 atom stereocenters. The van der Waals surface area contributed by atoms with Crippen molar-refractivity contribution in [3.05, 3.63) is 24.3 Å². The number of rotatable bonds is 7. The molecule has 1 aliphatic rings. The third-order valence-electron chi connectivity index (χ3n) is 4.20. The average Bonchev–Trinajstić information content (AvgIpc) is 2.54. The summed E-state index contributed by atoms with van der Waals surface area (Å²) in [4.78, 5) is -0.366. The van der Waals surface area contributed by atoms with Gasteiger partial charge in [-0.2, -0.15) is 0 Å². The third kappa shape index (κ3) is 5.88. The van der Waals surface area contributed by atoms with Gasteiger partial charge < -0.3 is 10.1 Å². The van der Waals surface area contributed by atoms with E-state index in [0.717, 1.165) is 32.0 Å². The smallest absolute Gasteiger partial charge is 0.240 e. The molecule has 2 rings (SSSR count). The largest absolute Gasteiger partial charge is 0.384 e. The van der Waals surface area contributed by atoms with Gasteiger partial charge in [0, 0.05) is 19.1 Å². The monoisotopic (exact) mass is 413 g/mol. The first kappa shape index (κ1) is 22.3. The van der Waals surface area contributed by atoms with Gasteiger partial charge in [0.1, 0.15) is 0 Å². The number of sulfonamides is 2. The van der Waals surface area contributed by atoms with Crippen LogP contribution < -0.4 is 15.2 Å². The number of hydrogen-bond acceptors (Lipinski definition) is 6. The van der Waals surface area contributed by atoms with Crippen LogP contribution in [0, 0.1) is 5.41 Å². The van der Waals surface area contributed by atoms with Gasteiger partial charge in [0.2, 0.25) is 20.0 Å². The van der Waals surface area contributed by atoms with E-state index in [1.807, 2.05) is 0 Å². The van der Waals surface area contributed by atoms with Crippen molar-refractivity contribution in [1.82, 2.24) is 10.0 Å². The lowest BCUT2D eigenvalue weighted by atomic mass is 9.80. The van der Waals surface area contributed by atoms with Crippen LogP contribution in [0.25, 0.3) is 0 Å². The first-order valence-corrected chi connectivity index (χ1v) is 10.5. The van der Waals surface area contributed by atoms with Gasteiger partial charge in [0.15, 0.2) is 0 Å². The molecule has 1 aromatic rings. The van der Waals surface area contributed by atoms with Crippen molar-refractivity contribution in [2.24, 2.45) is 10.6 Å². The molecule has 0 aromatic heterocycles. The number of piperidine rings is 1. The van der Waals surface area contributed by atoms with Crippen LogP contribution >= 0.6 is 12.4 Å². The highest BCUT2D eigenvalue weighted by molar-refractivity contribution is 7.90. The summed E-state index contributed by atoms with van der Waals surface area (Å²) in [6, 6.07) is 5.00. The molecule has 0 saturated carbocycles. The minimum Gasteiger partial charge on any atom is -0.384 e. The Morgan fingerprint density at radius 3 is 2.36 bits per heavy atom. The number of primary sulfonamides is 1. The summed E-state index contributed by atoms with van der Waals surface area (Å²) in [6.45, 7) is 2.27. The van der Waals surface area contributed by atoms with E-state index < -0.39 is 20.0 Å². The van der Waals surface area contributed by atoms with Gasteiger partial charge in [0.25, 0.3) is 0 Å². The fourth-order valence-corrected chi connectivity index (χ4v) is 4.62. The Hall–Kier alpha value is -0.750. The quantitative estimate of drug-likeness (QED) is 0.579. The number of halogens is 1. The fraction of sp³-hybridized carbons (Fsp3) is 0.571. The number of methoxy groups -OCH3 is 1. The molecular weight excluding hydrogens is 390 g/mol. The fourth-order valence-electron chi connectivity index (χ4n) is 2.79. The number of nitrogens with two attached hydrogens (primary N) is 1. The summed E-state index contributed by atoms with van der Waals surface area (Å²) >= 11 is 0. The van der Waals surface area contributed by atoms with E-state index in [1.165, 1.54) is 18.2 Å². The number of benzene rings is 1. The van der Waals surface area contributed by atoms with E-state index in [4.69, 9.17) is 9.88 Å². The van der Waals surface area contributed by atoms with Gasteiger partial charge in [-0.1, -0.05) is 6.07 Å². The lowest BCUT2D eigenvalue weighted by molar-refractivity contribution is 0.0577. The first-order valence-electron chi connectivity index (χ1n) is 7.51. The van der Waals surface area contributed by atoms with Crippen molar-refractivity contribution in [3.8, 4) is 0 Å². The van der Waals surface area contributed by atoms with Gasteiger partial charge in [-0.3, -0.25) is 0 Å². The molecule has 8 nitrogen and oxygen atoms in total. The lowest BCUT2D eigenvalue weighted by Crippen LogP contribution is -2.47. The molecule has 1 aliphatic heterocycles. The Bertz CT molecular complexity index is 772. The maximum atomic E-state index is 12.5. The maximum Gasteiger partial charge on any atom is 0.240 e. The molecule has 1 heterocycles. The second-order valence-corrected chi connectivity index (χ2v) is 9.36. The Morgan fingerprint density at radius 1 is 1.20 bits per heavy atom. The van der Waals surface area contributed by atoms with E-state index in [-0.39, 0.29) is 34.2 Å². The maximum absolute atomic E-state index is 12.5. The molecule has 0 unspecified atom stereocenters. The SMILES string of the molecule is COCC1(CNS(=O)(=O)c2cccc(S(N)(=O)=O)c2)CCNCC1.Cl. The van der Waals surface area contributed by atoms with Crippen LogP contribution in [0.15, 0.2) is 34.1 Å². The van der Waals surface area contributed by atoms with Gasteiger partial charge in [-0.05, 0) is 44.1 Å². The highest BCUT2D eigenvalue weighted by atomic mass is 35.5. The summed E-state index contributed by atoms with van der Waals surface area (Å²) in [6.07, 6.45) is 1.58. The summed E-state index contributed by atoms with van der Waals surface area (Å²) < 4.78 is 55.6. The topological polar surface area (TPSA) is 128 Å². The zero-order valence-corrected chi connectivity index (χ0v) is 16.3. The normalized spacial score (nSPS) is 17.7. The molecule has 0 aliphatic carbocycles. The van der Waals surface area contributed by atoms with Crippen molar-refractivity contribution in [2.75, 3.05) is 33.4 Å². The van der Waals surface area contributed by atoms with Gasteiger partial charge in [-0.25, -0.2) is 26.7 Å². The van der Waals surface area contributed by atoms with E-state index in [9.17, 15) is 16.8 Å². The van der Waals surface area contributed by atoms with E-state index in [2.05, 4.69) is 10.0 Å². The Balaban J connectivity index is 0.00000312. The molecule has 0 spiro atoms. The zero-order valence-electron chi connectivity index (χ0n) is 13.9. The number of nitrogens with one attached hydrogen (secondary N) is 2. The minimum absolute atomic E-state index is 0. The molecule has 4 N–H and O–H groups in total. The van der Waals surface area contributed by atoms with Gasteiger partial charge in [-0.15, -0.1) is 12.4 Å². The van der Waals surface area contributed by atoms with Gasteiger partial charge >= 0.3 is 0 Å². The third-order valence-corrected chi connectivity index (χ3v) is 6.51. The molecule has 0 bridgehead atoms. The summed E-state index contributed by atoms with van der Waals surface area (Å²) in [5.41, 5.74) is -0.273. The van der Waals surface area contributed by atoms with E-state index in [1.54, 1.807) is 7.11 Å². The van der Waals surface area contributed by atoms with E-state index >= 15 is 0 Å². The lowest BCUT2D eigenvalue weighted by Gasteiger charge is -2.37. The van der Waals surface area contributed by atoms with Crippen LogP contribution in [0.3, 0.4) is 0 Å². The second-order valence-electron chi connectivity index (χ2n) is 6.03. The van der Waals surface area contributed by atoms with Crippen LogP contribution in [0.1, 0.15) is 12.8 Å². The Kier molecular flexibility index (Phi) is 7.81. The minimum atomic E-state index is -3.96. The molecule has 144 valence electrons. The zero-order chi connectivity index (χ0) is 17.8. The van der Waals surface area contributed by atoms with Crippen LogP contribution in [0.2, 0.25) is 0 Å². The Labute approximate surface area is 155 Å². The van der Waals surface area contributed by atoms with Crippen molar-refractivity contribution in [3.63, 3.8) is 0 Å². The molecule has 1 fully saturated rings. The van der Waals surface area contributed by atoms with E-state index in [0.29, 0.717) is 6.61 Å². The molecule has 1 saturated heterocycles. The molecular formula is C14H24ClN3O5S2. The van der Waals surface area contributed by atoms with Crippen molar-refractivity contribution < 1.29 is 21.6 Å². The number of ether oxygens (including phenoxy) is 1. The van der Waals surface area contributed by atoms with Crippen LogP contribution in [-0.4, -0.2) is 50.2 Å². The first-order chi connectivity index (χ1) is 11.2. The highest BCUT2D eigenvalue weighted by Gasteiger charge is 2.33. The summed E-state index contributed by atoms with van der Waals surface area (Å²) in [7, 11) is -6.22. The molecule has 0 radical (unpaired) electrons. The van der Waals surface area contributed by atoms with Gasteiger partial charge in [0.05, 0.1) is 16.4 Å². The van der Waals surface area contributed by atoms with Crippen LogP contribution in [-0.2, 0) is 24.8 Å². The molecule has 11 heteroatoms. The Morgan fingerprint density at radius 2 is 1.80 bits per heavy atom. The van der Waals surface area contributed by atoms with Crippen molar-refractivity contribution in [2.45, 2.75) is 22.6 Å². The molecule has 25 heavy (non-hydrogen) atoms. The average molecular weight is 414 g/mol. The highest BCUT2D eigenvalue weighted by Crippen LogP contribution is 2.29. The summed E-state index contributed by atoms with van der Waals surface area (Å²) in [5.74, 6) is 0. The van der Waals surface area contributed by atoms with Crippen LogP contribution in [0.5, 0.6) is 0 Å². The van der Waals surface area contributed by atoms with Crippen LogP contribution in [0.4, 0.5) is 0 Å².